The van der Waals surface area contributed by atoms with Crippen LogP contribution in [-0.2, 0) is 14.3 Å². The van der Waals surface area contributed by atoms with Crippen LogP contribution in [0.1, 0.15) is 33.1 Å². The number of carbonyl (C=O) groups excluding carboxylic acids is 2. The van der Waals surface area contributed by atoms with E-state index in [2.05, 4.69) is 4.74 Å². The molecule has 12 heavy (non-hydrogen) atoms. The molecule has 0 amide bonds. The van der Waals surface area contributed by atoms with Crippen LogP contribution in [0.25, 0.3) is 0 Å². The van der Waals surface area contributed by atoms with Crippen LogP contribution >= 0.6 is 0 Å². The van der Waals surface area contributed by atoms with Gasteiger partial charge in [0.05, 0.1) is 11.8 Å². The van der Waals surface area contributed by atoms with Gasteiger partial charge in [-0.3, -0.25) is 9.59 Å². The van der Waals surface area contributed by atoms with Crippen molar-refractivity contribution in [2.45, 2.75) is 33.1 Å². The monoisotopic (exact) mass is 170 g/mol. The van der Waals surface area contributed by atoms with Crippen molar-refractivity contribution in [3.63, 3.8) is 0 Å². The first-order chi connectivity index (χ1) is 5.70. The Hall–Kier alpha value is -0.860. The molecular weight excluding hydrogens is 156 g/mol. The average Bonchev–Trinajstić information content (AvgIpc) is 2.28. The predicted octanol–water partition coefficient (Wildman–Crippen LogP) is 1.51. The largest absolute Gasteiger partial charge is 0.393 e. The normalized spacial score (nSPS) is 29.2. The highest BCUT2D eigenvalue weighted by molar-refractivity contribution is 5.96. The number of carbonyl (C=O) groups is 2. The number of hydrogen-bond donors (Lipinski definition) is 0. The van der Waals surface area contributed by atoms with Crippen LogP contribution in [0.3, 0.4) is 0 Å². The third-order valence-corrected chi connectivity index (χ3v) is 2.33. The van der Waals surface area contributed by atoms with Crippen LogP contribution < -0.4 is 0 Å². The molecule has 3 heteroatoms. The number of esters is 2. The molecule has 1 fully saturated rings. The molecule has 0 aromatic rings. The van der Waals surface area contributed by atoms with Gasteiger partial charge >= 0.3 is 11.9 Å². The first-order valence-electron chi connectivity index (χ1n) is 4.46. The Balaban J connectivity index is 2.68. The third-order valence-electron chi connectivity index (χ3n) is 2.33. The molecule has 0 aromatic heterocycles. The molecule has 0 bridgehead atoms. The Labute approximate surface area is 72.1 Å². The van der Waals surface area contributed by atoms with Crippen molar-refractivity contribution in [2.75, 3.05) is 0 Å². The van der Waals surface area contributed by atoms with E-state index in [4.69, 9.17) is 0 Å². The van der Waals surface area contributed by atoms with Crippen LogP contribution in [0.4, 0.5) is 0 Å². The molecule has 1 aliphatic rings. The summed E-state index contributed by atoms with van der Waals surface area (Å²) in [6.45, 7) is 3.91. The van der Waals surface area contributed by atoms with Crippen molar-refractivity contribution in [1.82, 2.24) is 0 Å². The molecule has 1 heterocycles. The lowest BCUT2D eigenvalue weighted by molar-refractivity contribution is -0.153. The first kappa shape index (κ1) is 9.23. The highest BCUT2D eigenvalue weighted by Gasteiger charge is 2.41. The number of cyclic esters (lactones) is 2. The van der Waals surface area contributed by atoms with E-state index in [0.29, 0.717) is 6.42 Å². The van der Waals surface area contributed by atoms with E-state index in [1.165, 1.54) is 0 Å². The summed E-state index contributed by atoms with van der Waals surface area (Å²) in [5.74, 6) is -1.01. The van der Waals surface area contributed by atoms with Crippen LogP contribution in [0.5, 0.6) is 0 Å². The lowest BCUT2D eigenvalue weighted by atomic mass is 9.89. The summed E-state index contributed by atoms with van der Waals surface area (Å²) in [7, 11) is 0. The zero-order valence-corrected chi connectivity index (χ0v) is 7.50. The van der Waals surface area contributed by atoms with Gasteiger partial charge in [-0.15, -0.1) is 0 Å². The lowest BCUT2D eigenvalue weighted by Gasteiger charge is -2.08. The molecular formula is C9H14O3. The smallest absolute Gasteiger partial charge is 0.317 e. The second-order valence-electron chi connectivity index (χ2n) is 3.15. The Kier molecular flexibility index (Phi) is 2.84. The van der Waals surface area contributed by atoms with Crippen molar-refractivity contribution < 1.29 is 14.3 Å². The highest BCUT2D eigenvalue weighted by atomic mass is 16.6. The molecule has 0 spiro atoms. The molecule has 0 N–H and O–H groups in total. The van der Waals surface area contributed by atoms with E-state index in [0.717, 1.165) is 12.8 Å². The fourth-order valence-electron chi connectivity index (χ4n) is 1.66. The van der Waals surface area contributed by atoms with Gasteiger partial charge in [0.25, 0.3) is 0 Å². The van der Waals surface area contributed by atoms with E-state index < -0.39 is 0 Å². The SMILES string of the molecule is CCC[C@H]1C(=O)OC(=O)[C@@H]1CC. The molecule has 0 radical (unpaired) electrons. The van der Waals surface area contributed by atoms with Gasteiger partial charge in [-0.1, -0.05) is 20.3 Å². The Morgan fingerprint density at radius 1 is 1.17 bits per heavy atom. The minimum Gasteiger partial charge on any atom is -0.393 e. The van der Waals surface area contributed by atoms with Gasteiger partial charge in [0.15, 0.2) is 0 Å². The summed E-state index contributed by atoms with van der Waals surface area (Å²) in [6.07, 6.45) is 2.39. The second kappa shape index (κ2) is 3.70. The molecule has 68 valence electrons. The van der Waals surface area contributed by atoms with Crippen LogP contribution in [0, 0.1) is 11.8 Å². The summed E-state index contributed by atoms with van der Waals surface area (Å²) in [5, 5.41) is 0. The third kappa shape index (κ3) is 1.49. The fraction of sp³-hybridized carbons (Fsp3) is 0.778. The lowest BCUT2D eigenvalue weighted by Crippen LogP contribution is -2.16. The summed E-state index contributed by atoms with van der Waals surface area (Å²) in [6, 6.07) is 0. The Morgan fingerprint density at radius 3 is 2.25 bits per heavy atom. The molecule has 1 rings (SSSR count). The predicted molar refractivity (Wildman–Crippen MR) is 43.3 cm³/mol. The fourth-order valence-corrected chi connectivity index (χ4v) is 1.66. The van der Waals surface area contributed by atoms with Crippen molar-refractivity contribution in [3.05, 3.63) is 0 Å². The number of ether oxygens (including phenoxy) is 1. The van der Waals surface area contributed by atoms with Gasteiger partial charge in [-0.25, -0.2) is 0 Å². The zero-order chi connectivity index (χ0) is 9.14. The zero-order valence-electron chi connectivity index (χ0n) is 7.50. The summed E-state index contributed by atoms with van der Waals surface area (Å²) < 4.78 is 4.55. The van der Waals surface area contributed by atoms with Crippen LogP contribution in [-0.4, -0.2) is 11.9 Å². The maximum Gasteiger partial charge on any atom is 0.317 e. The maximum atomic E-state index is 11.1. The molecule has 0 saturated carbocycles. The second-order valence-corrected chi connectivity index (χ2v) is 3.15. The van der Waals surface area contributed by atoms with Crippen molar-refractivity contribution in [1.29, 1.82) is 0 Å². The van der Waals surface area contributed by atoms with E-state index in [9.17, 15) is 9.59 Å². The summed E-state index contributed by atoms with van der Waals surface area (Å²) in [4.78, 5) is 22.2. The van der Waals surface area contributed by atoms with Gasteiger partial charge in [-0.05, 0) is 12.8 Å². The molecule has 1 saturated heterocycles. The van der Waals surface area contributed by atoms with E-state index in [1.54, 1.807) is 0 Å². The summed E-state index contributed by atoms with van der Waals surface area (Å²) in [5.41, 5.74) is 0. The van der Waals surface area contributed by atoms with E-state index in [1.807, 2.05) is 13.8 Å². The van der Waals surface area contributed by atoms with Crippen molar-refractivity contribution in [2.24, 2.45) is 11.8 Å². The highest BCUT2D eigenvalue weighted by Crippen LogP contribution is 2.29. The molecule has 3 nitrogen and oxygen atoms in total. The first-order valence-corrected chi connectivity index (χ1v) is 4.46. The Bertz CT molecular complexity index is 198. The van der Waals surface area contributed by atoms with Gasteiger partial charge in [-0.2, -0.15) is 0 Å². The van der Waals surface area contributed by atoms with Crippen molar-refractivity contribution >= 4 is 11.9 Å². The van der Waals surface area contributed by atoms with Crippen LogP contribution in [0.2, 0.25) is 0 Å². The van der Waals surface area contributed by atoms with E-state index in [-0.39, 0.29) is 23.8 Å². The molecule has 0 aromatic carbocycles. The molecule has 0 aliphatic carbocycles. The van der Waals surface area contributed by atoms with Crippen LogP contribution in [0.15, 0.2) is 0 Å². The summed E-state index contributed by atoms with van der Waals surface area (Å²) >= 11 is 0. The minimum atomic E-state index is -0.332. The minimum absolute atomic E-state index is 0.174. The van der Waals surface area contributed by atoms with Gasteiger partial charge in [0.1, 0.15) is 0 Å². The van der Waals surface area contributed by atoms with Crippen molar-refractivity contribution in [3.8, 4) is 0 Å². The van der Waals surface area contributed by atoms with Gasteiger partial charge in [0, 0.05) is 0 Å². The van der Waals surface area contributed by atoms with Gasteiger partial charge < -0.3 is 4.74 Å². The average molecular weight is 170 g/mol. The molecule has 1 aliphatic heterocycles. The molecule has 0 unspecified atom stereocenters. The Morgan fingerprint density at radius 2 is 1.75 bits per heavy atom. The standard InChI is InChI=1S/C9H14O3/c1-3-5-7-6(4-2)8(10)12-9(7)11/h6-7H,3-5H2,1-2H3/t6-,7-/m1/s1. The number of rotatable bonds is 3. The van der Waals surface area contributed by atoms with Gasteiger partial charge in [0.2, 0.25) is 0 Å². The molecule has 2 atom stereocenters. The van der Waals surface area contributed by atoms with E-state index >= 15 is 0 Å². The number of hydrogen-bond acceptors (Lipinski definition) is 3. The maximum absolute atomic E-state index is 11.1. The quantitative estimate of drug-likeness (QED) is 0.476. The topological polar surface area (TPSA) is 43.4 Å².